The molecule has 1 atom stereocenters. The number of ether oxygens (including phenoxy) is 1. The largest absolute Gasteiger partial charge is 0.459 e. The summed E-state index contributed by atoms with van der Waals surface area (Å²) in [6.07, 6.45) is 1.66. The minimum atomic E-state index is -0.407. The van der Waals surface area contributed by atoms with Gasteiger partial charge in [0.15, 0.2) is 10.9 Å². The van der Waals surface area contributed by atoms with Crippen molar-refractivity contribution in [1.82, 2.24) is 14.7 Å². The number of benzene rings is 1. The number of thioether (sulfide) groups is 1. The minimum absolute atomic E-state index is 0.0176. The molecule has 3 aromatic heterocycles. The molecule has 9 heteroatoms. The number of fused-ring (bicyclic) bond motifs is 2. The van der Waals surface area contributed by atoms with E-state index < -0.39 is 5.97 Å². The third-order valence-corrected chi connectivity index (χ3v) is 6.02. The summed E-state index contributed by atoms with van der Waals surface area (Å²) in [5, 5.41) is 5.55. The third kappa shape index (κ3) is 3.41. The number of carbonyl (C=O) groups excluding carboxylic acids is 1. The summed E-state index contributed by atoms with van der Waals surface area (Å²) in [7, 11) is 0. The van der Waals surface area contributed by atoms with Crippen LogP contribution >= 0.6 is 11.8 Å². The van der Waals surface area contributed by atoms with Crippen molar-refractivity contribution in [3.05, 3.63) is 64.2 Å². The first kappa shape index (κ1) is 18.7. The Morgan fingerprint density at radius 2 is 2.17 bits per heavy atom. The lowest BCUT2D eigenvalue weighted by Crippen LogP contribution is -2.27. The Labute approximate surface area is 174 Å². The molecule has 0 radical (unpaired) electrons. The molecule has 30 heavy (non-hydrogen) atoms. The Kier molecular flexibility index (Phi) is 4.66. The molecule has 1 unspecified atom stereocenters. The highest BCUT2D eigenvalue weighted by Gasteiger charge is 2.28. The lowest BCUT2D eigenvalue weighted by atomic mass is 10.2. The van der Waals surface area contributed by atoms with Gasteiger partial charge in [0, 0.05) is 29.0 Å². The van der Waals surface area contributed by atoms with Crippen LogP contribution in [0.1, 0.15) is 23.7 Å². The molecule has 0 saturated heterocycles. The lowest BCUT2D eigenvalue weighted by Gasteiger charge is -2.12. The maximum absolute atomic E-state index is 12.4. The molecular weight excluding hydrogens is 406 g/mol. The molecule has 1 aliphatic rings. The topological polar surface area (TPSA) is 100 Å². The molecule has 1 aliphatic heterocycles. The van der Waals surface area contributed by atoms with Gasteiger partial charge < -0.3 is 13.7 Å². The first-order valence-corrected chi connectivity index (χ1v) is 10.4. The fraction of sp³-hybridized carbons (Fsp3) is 0.238. The molecule has 0 N–H and O–H groups in total. The molecule has 8 nitrogen and oxygen atoms in total. The first-order chi connectivity index (χ1) is 14.6. The number of furan rings is 1. The predicted octanol–water partition coefficient (Wildman–Crippen LogP) is 3.73. The second-order valence-electron chi connectivity index (χ2n) is 7.06. The Bertz CT molecular complexity index is 1270. The van der Waals surface area contributed by atoms with Gasteiger partial charge in [-0.25, -0.2) is 4.98 Å². The van der Waals surface area contributed by atoms with Crippen LogP contribution in [0.25, 0.3) is 22.5 Å². The van der Waals surface area contributed by atoms with Crippen molar-refractivity contribution in [3.8, 4) is 11.5 Å². The molecule has 152 valence electrons. The fourth-order valence-electron chi connectivity index (χ4n) is 3.38. The molecular formula is C21H17N3O5S. The molecule has 0 amide bonds. The molecule has 0 aliphatic carbocycles. The van der Waals surface area contributed by atoms with Crippen molar-refractivity contribution in [1.29, 1.82) is 0 Å². The summed E-state index contributed by atoms with van der Waals surface area (Å²) in [5.41, 5.74) is 1.68. The fourth-order valence-corrected chi connectivity index (χ4v) is 4.48. The highest BCUT2D eigenvalue weighted by atomic mass is 32.2. The number of para-hydroxylation sites is 1. The van der Waals surface area contributed by atoms with Crippen LogP contribution in [-0.4, -0.2) is 26.4 Å². The average molecular weight is 423 g/mol. The molecule has 0 saturated carbocycles. The van der Waals surface area contributed by atoms with Gasteiger partial charge in [-0.05, 0) is 19.1 Å². The number of hydrogen-bond acceptors (Lipinski definition) is 8. The van der Waals surface area contributed by atoms with E-state index in [1.54, 1.807) is 23.8 Å². The van der Waals surface area contributed by atoms with Crippen LogP contribution in [0.4, 0.5) is 0 Å². The smallest absolute Gasteiger partial charge is 0.308 e. The van der Waals surface area contributed by atoms with E-state index >= 15 is 0 Å². The summed E-state index contributed by atoms with van der Waals surface area (Å²) in [6, 6.07) is 10.9. The van der Waals surface area contributed by atoms with E-state index in [0.717, 1.165) is 11.0 Å². The van der Waals surface area contributed by atoms with Gasteiger partial charge in [-0.3, -0.25) is 14.2 Å². The normalized spacial score (nSPS) is 15.4. The van der Waals surface area contributed by atoms with Gasteiger partial charge in [0.05, 0.1) is 12.5 Å². The van der Waals surface area contributed by atoms with Crippen molar-refractivity contribution in [3.63, 3.8) is 0 Å². The summed E-state index contributed by atoms with van der Waals surface area (Å²) >= 11 is 1.46. The standard InChI is InChI=1S/C21H17N3O5S/c1-12-9-22-21-24(20(12)26)15(11-30-21)8-19(25)27-10-14-7-18(29-23-14)17-6-13-4-2-3-5-16(13)28-17/h2-7,9,15H,8,10-11H2,1H3. The van der Waals surface area contributed by atoms with Gasteiger partial charge in [0.25, 0.3) is 5.56 Å². The molecule has 1 aromatic carbocycles. The van der Waals surface area contributed by atoms with Crippen LogP contribution in [0.3, 0.4) is 0 Å². The predicted molar refractivity (Wildman–Crippen MR) is 109 cm³/mol. The monoisotopic (exact) mass is 423 g/mol. The molecule has 0 spiro atoms. The van der Waals surface area contributed by atoms with Crippen LogP contribution in [0.15, 0.2) is 61.5 Å². The number of aryl methyl sites for hydroxylation is 1. The molecule has 4 aromatic rings. The average Bonchev–Trinajstić information content (AvgIpc) is 3.47. The molecule has 4 heterocycles. The maximum Gasteiger partial charge on any atom is 0.308 e. The zero-order valence-electron chi connectivity index (χ0n) is 16.0. The first-order valence-electron chi connectivity index (χ1n) is 9.39. The van der Waals surface area contributed by atoms with E-state index in [9.17, 15) is 9.59 Å². The SMILES string of the molecule is Cc1cnc2n(c1=O)C(CC(=O)OCc1cc(-c3cc4ccccc4o3)on1)CS2. The molecule has 0 bridgehead atoms. The number of esters is 1. The van der Waals surface area contributed by atoms with E-state index in [-0.39, 0.29) is 24.6 Å². The van der Waals surface area contributed by atoms with Crippen molar-refractivity contribution in [2.45, 2.75) is 31.1 Å². The van der Waals surface area contributed by atoms with Crippen LogP contribution in [0, 0.1) is 6.92 Å². The Morgan fingerprint density at radius 3 is 3.03 bits per heavy atom. The van der Waals surface area contributed by atoms with Crippen molar-refractivity contribution >= 4 is 28.7 Å². The van der Waals surface area contributed by atoms with Crippen LogP contribution in [-0.2, 0) is 16.1 Å². The highest BCUT2D eigenvalue weighted by Crippen LogP contribution is 2.32. The van der Waals surface area contributed by atoms with Crippen LogP contribution < -0.4 is 5.56 Å². The number of hydrogen-bond donors (Lipinski definition) is 0. The minimum Gasteiger partial charge on any atom is -0.459 e. The van der Waals surface area contributed by atoms with E-state index in [4.69, 9.17) is 13.7 Å². The van der Waals surface area contributed by atoms with E-state index in [1.165, 1.54) is 11.8 Å². The van der Waals surface area contributed by atoms with Gasteiger partial charge in [0.1, 0.15) is 17.9 Å². The quantitative estimate of drug-likeness (QED) is 0.354. The van der Waals surface area contributed by atoms with Crippen LogP contribution in [0.2, 0.25) is 0 Å². The van der Waals surface area contributed by atoms with Crippen molar-refractivity contribution < 1.29 is 18.5 Å². The third-order valence-electron chi connectivity index (χ3n) is 4.91. The molecule has 5 rings (SSSR count). The van der Waals surface area contributed by atoms with Gasteiger partial charge in [-0.15, -0.1) is 0 Å². The highest BCUT2D eigenvalue weighted by molar-refractivity contribution is 7.99. The Hall–Kier alpha value is -3.33. The van der Waals surface area contributed by atoms with E-state index in [1.807, 2.05) is 30.3 Å². The summed E-state index contributed by atoms with van der Waals surface area (Å²) in [4.78, 5) is 28.9. The summed E-state index contributed by atoms with van der Waals surface area (Å²) < 4.78 is 18.0. The van der Waals surface area contributed by atoms with Crippen molar-refractivity contribution in [2.24, 2.45) is 0 Å². The second kappa shape index (κ2) is 7.49. The number of aromatic nitrogens is 3. The Balaban J connectivity index is 1.23. The van der Waals surface area contributed by atoms with E-state index in [2.05, 4.69) is 10.1 Å². The lowest BCUT2D eigenvalue weighted by molar-refractivity contribution is -0.145. The van der Waals surface area contributed by atoms with E-state index in [0.29, 0.717) is 33.7 Å². The number of rotatable bonds is 5. The van der Waals surface area contributed by atoms with Gasteiger partial charge in [-0.2, -0.15) is 0 Å². The summed E-state index contributed by atoms with van der Waals surface area (Å²) in [6.45, 7) is 1.70. The zero-order valence-corrected chi connectivity index (χ0v) is 16.8. The van der Waals surface area contributed by atoms with Crippen molar-refractivity contribution in [2.75, 3.05) is 5.75 Å². The van der Waals surface area contributed by atoms with Crippen LogP contribution in [0.5, 0.6) is 0 Å². The Morgan fingerprint density at radius 1 is 1.30 bits per heavy atom. The van der Waals surface area contributed by atoms with Gasteiger partial charge in [-0.1, -0.05) is 35.1 Å². The number of carbonyl (C=O) groups is 1. The number of nitrogens with zero attached hydrogens (tertiary/aromatic N) is 3. The second-order valence-corrected chi connectivity index (χ2v) is 8.05. The maximum atomic E-state index is 12.4. The van der Waals surface area contributed by atoms with Gasteiger partial charge in [0.2, 0.25) is 5.76 Å². The summed E-state index contributed by atoms with van der Waals surface area (Å²) in [5.74, 6) is 1.23. The van der Waals surface area contributed by atoms with Gasteiger partial charge >= 0.3 is 5.97 Å². The molecule has 0 fully saturated rings. The zero-order chi connectivity index (χ0) is 20.7.